The average Bonchev–Trinajstić information content (AvgIpc) is 3.21. The van der Waals surface area contributed by atoms with Gasteiger partial charge in [0.25, 0.3) is 0 Å². The number of imidazole rings is 1. The van der Waals surface area contributed by atoms with Crippen LogP contribution in [0, 0.1) is 11.7 Å². The maximum Gasteiger partial charge on any atom is 0.216 e. The first-order valence-electron chi connectivity index (χ1n) is 7.16. The number of benzene rings is 1. The lowest BCUT2D eigenvalue weighted by atomic mass is 10.2. The van der Waals surface area contributed by atoms with E-state index in [0.29, 0.717) is 11.5 Å². The molecule has 118 valence electrons. The minimum atomic E-state index is -3.52. The van der Waals surface area contributed by atoms with Crippen LogP contribution in [-0.2, 0) is 22.8 Å². The first-order chi connectivity index (χ1) is 10.4. The van der Waals surface area contributed by atoms with Crippen molar-refractivity contribution in [1.82, 2.24) is 14.3 Å². The highest BCUT2D eigenvalue weighted by Gasteiger charge is 2.37. The predicted molar refractivity (Wildman–Crippen MR) is 80.8 cm³/mol. The number of nitrogens with one attached hydrogen (secondary N) is 1. The summed E-state index contributed by atoms with van der Waals surface area (Å²) in [5.41, 5.74) is 0.559. The van der Waals surface area contributed by atoms with E-state index in [1.807, 2.05) is 11.6 Å². The number of nitrogens with zero attached hydrogens (tertiary/aromatic N) is 2. The number of sulfonamides is 1. The molecule has 2 aromatic rings. The second-order valence-corrected chi connectivity index (χ2v) is 7.47. The van der Waals surface area contributed by atoms with Crippen LogP contribution >= 0.6 is 0 Å². The van der Waals surface area contributed by atoms with Gasteiger partial charge in [0, 0.05) is 19.4 Å². The van der Waals surface area contributed by atoms with Crippen LogP contribution in [0.3, 0.4) is 0 Å². The maximum absolute atomic E-state index is 12.9. The van der Waals surface area contributed by atoms with Gasteiger partial charge in [-0.2, -0.15) is 0 Å². The van der Waals surface area contributed by atoms with Gasteiger partial charge in [-0.15, -0.1) is 0 Å². The van der Waals surface area contributed by atoms with Crippen molar-refractivity contribution in [3.05, 3.63) is 53.9 Å². The molecule has 22 heavy (non-hydrogen) atoms. The quantitative estimate of drug-likeness (QED) is 0.886. The first-order valence-corrected chi connectivity index (χ1v) is 8.81. The molecule has 0 amide bonds. The number of aromatic nitrogens is 2. The Morgan fingerprint density at radius 1 is 1.36 bits per heavy atom. The molecule has 5 nitrogen and oxygen atoms in total. The fourth-order valence-electron chi connectivity index (χ4n) is 2.50. The van der Waals surface area contributed by atoms with Crippen LogP contribution in [0.1, 0.15) is 30.3 Å². The maximum atomic E-state index is 12.9. The highest BCUT2D eigenvalue weighted by molar-refractivity contribution is 7.88. The van der Waals surface area contributed by atoms with Crippen LogP contribution < -0.4 is 4.72 Å². The van der Waals surface area contributed by atoms with E-state index in [9.17, 15) is 12.8 Å². The summed E-state index contributed by atoms with van der Waals surface area (Å²) in [4.78, 5) is 4.27. The summed E-state index contributed by atoms with van der Waals surface area (Å²) >= 11 is 0. The number of halogens is 1. The van der Waals surface area contributed by atoms with Gasteiger partial charge in [-0.05, 0) is 36.5 Å². The molecule has 1 aliphatic carbocycles. The first kappa shape index (κ1) is 15.2. The van der Waals surface area contributed by atoms with E-state index in [-0.39, 0.29) is 17.6 Å². The monoisotopic (exact) mass is 323 g/mol. The van der Waals surface area contributed by atoms with Crippen molar-refractivity contribution in [2.24, 2.45) is 13.0 Å². The zero-order valence-electron chi connectivity index (χ0n) is 12.2. The highest BCUT2D eigenvalue weighted by Crippen LogP contribution is 2.40. The van der Waals surface area contributed by atoms with Crippen LogP contribution in [0.5, 0.6) is 0 Å². The van der Waals surface area contributed by atoms with Gasteiger partial charge in [0.15, 0.2) is 0 Å². The SMILES string of the molecule is Cn1ccnc1[C@H](NS(=O)(=O)Cc1ccc(F)cc1)C1CC1. The van der Waals surface area contributed by atoms with Gasteiger partial charge in [0.2, 0.25) is 10.0 Å². The third kappa shape index (κ3) is 3.53. The number of rotatable bonds is 6. The molecule has 1 heterocycles. The van der Waals surface area contributed by atoms with Gasteiger partial charge in [0.05, 0.1) is 11.8 Å². The zero-order valence-corrected chi connectivity index (χ0v) is 13.1. The zero-order chi connectivity index (χ0) is 15.7. The predicted octanol–water partition coefficient (Wildman–Crippen LogP) is 2.13. The van der Waals surface area contributed by atoms with Crippen LogP contribution in [-0.4, -0.2) is 18.0 Å². The summed E-state index contributed by atoms with van der Waals surface area (Å²) in [7, 11) is -1.67. The van der Waals surface area contributed by atoms with Gasteiger partial charge in [-0.1, -0.05) is 12.1 Å². The van der Waals surface area contributed by atoms with Crippen molar-refractivity contribution in [3.63, 3.8) is 0 Å². The van der Waals surface area contributed by atoms with Gasteiger partial charge >= 0.3 is 0 Å². The van der Waals surface area contributed by atoms with Crippen LogP contribution in [0.25, 0.3) is 0 Å². The van der Waals surface area contributed by atoms with Gasteiger partial charge in [0.1, 0.15) is 11.6 Å². The van der Waals surface area contributed by atoms with Gasteiger partial charge < -0.3 is 4.57 Å². The molecule has 3 rings (SSSR count). The number of aryl methyl sites for hydroxylation is 1. The molecule has 1 saturated carbocycles. The third-order valence-electron chi connectivity index (χ3n) is 3.81. The molecule has 0 bridgehead atoms. The third-order valence-corrected chi connectivity index (χ3v) is 5.13. The molecule has 1 aromatic heterocycles. The van der Waals surface area contributed by atoms with Crippen molar-refractivity contribution in [2.45, 2.75) is 24.6 Å². The van der Waals surface area contributed by atoms with E-state index in [1.54, 1.807) is 12.4 Å². The lowest BCUT2D eigenvalue weighted by molar-refractivity contribution is 0.499. The summed E-state index contributed by atoms with van der Waals surface area (Å²) in [6.45, 7) is 0. The molecular formula is C15H18FN3O2S. The molecule has 0 radical (unpaired) electrons. The highest BCUT2D eigenvalue weighted by atomic mass is 32.2. The number of hydrogen-bond donors (Lipinski definition) is 1. The van der Waals surface area contributed by atoms with Crippen LogP contribution in [0.4, 0.5) is 4.39 Å². The molecule has 0 saturated heterocycles. The average molecular weight is 323 g/mol. The van der Waals surface area contributed by atoms with Crippen molar-refractivity contribution < 1.29 is 12.8 Å². The molecule has 0 unspecified atom stereocenters. The molecule has 1 atom stereocenters. The lowest BCUT2D eigenvalue weighted by Gasteiger charge is -2.18. The molecule has 0 spiro atoms. The summed E-state index contributed by atoms with van der Waals surface area (Å²) < 4.78 is 42.3. The summed E-state index contributed by atoms with van der Waals surface area (Å²) in [5, 5.41) is 0. The van der Waals surface area contributed by atoms with Crippen LogP contribution in [0.15, 0.2) is 36.7 Å². The van der Waals surface area contributed by atoms with E-state index >= 15 is 0 Å². The second kappa shape index (κ2) is 5.81. The van der Waals surface area contributed by atoms with E-state index in [2.05, 4.69) is 9.71 Å². The van der Waals surface area contributed by atoms with Crippen molar-refractivity contribution >= 4 is 10.0 Å². The Morgan fingerprint density at radius 3 is 2.59 bits per heavy atom. The standard InChI is InChI=1S/C15H18FN3O2S/c1-19-9-8-17-15(19)14(12-4-5-12)18-22(20,21)10-11-2-6-13(16)7-3-11/h2-3,6-9,12,14,18H,4-5,10H2,1H3/t14-/m1/s1. The second-order valence-electron chi connectivity index (χ2n) is 5.71. The van der Waals surface area contributed by atoms with E-state index in [4.69, 9.17) is 0 Å². The Morgan fingerprint density at radius 2 is 2.05 bits per heavy atom. The van der Waals surface area contributed by atoms with E-state index in [0.717, 1.165) is 18.7 Å². The van der Waals surface area contributed by atoms with Gasteiger partial charge in [-0.25, -0.2) is 22.5 Å². The molecule has 0 aliphatic heterocycles. The lowest BCUT2D eigenvalue weighted by Crippen LogP contribution is -2.32. The topological polar surface area (TPSA) is 64.0 Å². The molecule has 1 aliphatic rings. The fraction of sp³-hybridized carbons (Fsp3) is 0.400. The smallest absolute Gasteiger partial charge is 0.216 e. The molecule has 7 heteroatoms. The minimum Gasteiger partial charge on any atom is -0.337 e. The molecule has 1 N–H and O–H groups in total. The summed E-state index contributed by atoms with van der Waals surface area (Å²) in [6, 6.07) is 5.21. The number of hydrogen-bond acceptors (Lipinski definition) is 3. The fourth-order valence-corrected chi connectivity index (χ4v) is 3.90. The van der Waals surface area contributed by atoms with Gasteiger partial charge in [-0.3, -0.25) is 0 Å². The van der Waals surface area contributed by atoms with E-state index < -0.39 is 10.0 Å². The van der Waals surface area contributed by atoms with Crippen molar-refractivity contribution in [1.29, 1.82) is 0 Å². The normalized spacial score (nSPS) is 16.6. The molecule has 1 aromatic carbocycles. The Balaban J connectivity index is 1.77. The Kier molecular flexibility index (Phi) is 4.01. The minimum absolute atomic E-state index is 0.166. The Labute approximate surface area is 129 Å². The van der Waals surface area contributed by atoms with Crippen molar-refractivity contribution in [3.8, 4) is 0 Å². The molecular weight excluding hydrogens is 305 g/mol. The Bertz CT molecular complexity index is 751. The largest absolute Gasteiger partial charge is 0.337 e. The van der Waals surface area contributed by atoms with Crippen molar-refractivity contribution in [2.75, 3.05) is 0 Å². The Hall–Kier alpha value is -1.73. The van der Waals surface area contributed by atoms with Crippen LogP contribution in [0.2, 0.25) is 0 Å². The van der Waals surface area contributed by atoms with E-state index in [1.165, 1.54) is 24.3 Å². The molecule has 1 fully saturated rings. The summed E-state index contributed by atoms with van der Waals surface area (Å²) in [6.07, 6.45) is 5.46. The summed E-state index contributed by atoms with van der Waals surface area (Å²) in [5.74, 6) is 0.480.